The topological polar surface area (TPSA) is 67.5 Å². The van der Waals surface area contributed by atoms with E-state index < -0.39 is 0 Å². The predicted molar refractivity (Wildman–Crippen MR) is 81.2 cm³/mol. The molecule has 5 heteroatoms. The smallest absolute Gasteiger partial charge is 0.240 e. The van der Waals surface area contributed by atoms with Crippen molar-refractivity contribution in [1.82, 2.24) is 5.32 Å². The molecule has 0 aromatic heterocycles. The average molecular weight is 283 g/mol. The Balaban J connectivity index is 1.94. The Labute approximate surface area is 120 Å². The fourth-order valence-corrected chi connectivity index (χ4v) is 4.13. The zero-order chi connectivity index (χ0) is 13.9. The van der Waals surface area contributed by atoms with Crippen LogP contribution in [-0.4, -0.2) is 29.4 Å². The van der Waals surface area contributed by atoms with E-state index in [4.69, 9.17) is 5.73 Å². The molecule has 0 radical (unpaired) electrons. The van der Waals surface area contributed by atoms with Crippen molar-refractivity contribution in [3.05, 3.63) is 0 Å². The van der Waals surface area contributed by atoms with Gasteiger partial charge in [-0.25, -0.2) is 0 Å². The first kappa shape index (κ1) is 14.7. The van der Waals surface area contributed by atoms with Gasteiger partial charge in [0.05, 0.1) is 0 Å². The summed E-state index contributed by atoms with van der Waals surface area (Å²) in [5.74, 6) is 1.02. The molecule has 0 saturated heterocycles. The minimum atomic E-state index is -0.313. The van der Waals surface area contributed by atoms with Gasteiger partial charge in [0.25, 0.3) is 0 Å². The minimum absolute atomic E-state index is 0.186. The van der Waals surface area contributed by atoms with Gasteiger partial charge in [0.2, 0.25) is 5.91 Å². The number of carbonyl (C=O) groups is 1. The summed E-state index contributed by atoms with van der Waals surface area (Å²) >= 11 is 1.76. The molecule has 1 amide bonds. The Morgan fingerprint density at radius 3 is 2.53 bits per heavy atom. The van der Waals surface area contributed by atoms with Crippen molar-refractivity contribution in [2.45, 2.75) is 52.0 Å². The number of thioether (sulfide) groups is 1. The standard InChI is InChI=1S/C14H25N3OS/c1-10(2)11(12(15)18)17-13-16-8-14(9-19-13)6-4-3-5-7-14/h10-11H,3-9H2,1-2H3,(H2,15,18)(H,16,17). The maximum absolute atomic E-state index is 11.4. The quantitative estimate of drug-likeness (QED) is 0.834. The molecule has 2 rings (SSSR count). The number of hydrogen-bond acceptors (Lipinski definition) is 4. The van der Waals surface area contributed by atoms with Crippen molar-refractivity contribution in [2.24, 2.45) is 22.1 Å². The van der Waals surface area contributed by atoms with Crippen LogP contribution in [0.15, 0.2) is 4.99 Å². The summed E-state index contributed by atoms with van der Waals surface area (Å²) in [7, 11) is 0. The van der Waals surface area contributed by atoms with Gasteiger partial charge in [0.15, 0.2) is 5.17 Å². The van der Waals surface area contributed by atoms with E-state index in [1.165, 1.54) is 32.1 Å². The van der Waals surface area contributed by atoms with Gasteiger partial charge in [-0.1, -0.05) is 44.9 Å². The Bertz CT molecular complexity index is 362. The number of primary amides is 1. The number of amides is 1. The first-order valence-electron chi connectivity index (χ1n) is 7.26. The number of carbonyl (C=O) groups excluding carboxylic acids is 1. The lowest BCUT2D eigenvalue weighted by Gasteiger charge is -2.39. The SMILES string of the molecule is CC(C)C(NC1=NCC2(CCCCC2)CS1)C(N)=O. The molecular weight excluding hydrogens is 258 g/mol. The molecule has 1 atom stereocenters. The Morgan fingerprint density at radius 2 is 2.05 bits per heavy atom. The second kappa shape index (κ2) is 6.16. The van der Waals surface area contributed by atoms with Crippen LogP contribution in [0.1, 0.15) is 46.0 Å². The highest BCUT2D eigenvalue weighted by Gasteiger charge is 2.35. The van der Waals surface area contributed by atoms with Crippen molar-refractivity contribution in [3.8, 4) is 0 Å². The van der Waals surface area contributed by atoms with Crippen LogP contribution >= 0.6 is 11.8 Å². The summed E-state index contributed by atoms with van der Waals surface area (Å²) in [5.41, 5.74) is 5.85. The van der Waals surface area contributed by atoms with Crippen LogP contribution in [0, 0.1) is 11.3 Å². The highest BCUT2D eigenvalue weighted by atomic mass is 32.2. The fourth-order valence-electron chi connectivity index (χ4n) is 2.94. The zero-order valence-electron chi connectivity index (χ0n) is 11.9. The van der Waals surface area contributed by atoms with Crippen LogP contribution in [0.5, 0.6) is 0 Å². The molecule has 4 nitrogen and oxygen atoms in total. The summed E-state index contributed by atoms with van der Waals surface area (Å²) in [5, 5.41) is 4.11. The summed E-state index contributed by atoms with van der Waals surface area (Å²) in [4.78, 5) is 16.1. The number of rotatable bonds is 3. The number of nitrogens with zero attached hydrogens (tertiary/aromatic N) is 1. The molecule has 1 unspecified atom stereocenters. The number of hydrogen-bond donors (Lipinski definition) is 2. The van der Waals surface area contributed by atoms with E-state index in [0.717, 1.165) is 17.5 Å². The Kier molecular flexibility index (Phi) is 4.76. The highest BCUT2D eigenvalue weighted by Crippen LogP contribution is 2.41. The van der Waals surface area contributed by atoms with Crippen molar-refractivity contribution in [1.29, 1.82) is 0 Å². The second-order valence-electron chi connectivity index (χ2n) is 6.24. The molecule has 0 aromatic rings. The Hall–Kier alpha value is -0.710. The molecular formula is C14H25N3OS. The van der Waals surface area contributed by atoms with Crippen LogP contribution in [-0.2, 0) is 4.79 Å². The third kappa shape index (κ3) is 3.65. The van der Waals surface area contributed by atoms with Gasteiger partial charge in [0.1, 0.15) is 6.04 Å². The van der Waals surface area contributed by atoms with Crippen molar-refractivity contribution in [2.75, 3.05) is 12.3 Å². The zero-order valence-corrected chi connectivity index (χ0v) is 12.8. The van der Waals surface area contributed by atoms with Gasteiger partial charge in [-0.15, -0.1) is 0 Å². The minimum Gasteiger partial charge on any atom is -0.368 e. The first-order chi connectivity index (χ1) is 9.02. The predicted octanol–water partition coefficient (Wildman–Crippen LogP) is 2.14. The second-order valence-corrected chi connectivity index (χ2v) is 7.20. The van der Waals surface area contributed by atoms with Crippen molar-refractivity contribution >= 4 is 22.8 Å². The molecule has 1 fully saturated rings. The van der Waals surface area contributed by atoms with Crippen molar-refractivity contribution < 1.29 is 4.79 Å². The monoisotopic (exact) mass is 283 g/mol. The molecule has 0 bridgehead atoms. The van der Waals surface area contributed by atoms with Crippen molar-refractivity contribution in [3.63, 3.8) is 0 Å². The third-order valence-corrected chi connectivity index (χ3v) is 5.52. The third-order valence-electron chi connectivity index (χ3n) is 4.24. The van der Waals surface area contributed by atoms with E-state index in [9.17, 15) is 4.79 Å². The van der Waals surface area contributed by atoms with Crippen LogP contribution in [0.4, 0.5) is 0 Å². The molecule has 2 aliphatic rings. The van der Waals surface area contributed by atoms with Gasteiger partial charge < -0.3 is 11.1 Å². The van der Waals surface area contributed by atoms with E-state index in [1.54, 1.807) is 11.8 Å². The molecule has 1 heterocycles. The molecule has 19 heavy (non-hydrogen) atoms. The lowest BCUT2D eigenvalue weighted by atomic mass is 9.75. The molecule has 1 aliphatic carbocycles. The van der Waals surface area contributed by atoms with Crippen LogP contribution < -0.4 is 11.1 Å². The molecule has 0 aromatic carbocycles. The highest BCUT2D eigenvalue weighted by molar-refractivity contribution is 8.13. The van der Waals surface area contributed by atoms with Gasteiger partial charge in [0, 0.05) is 12.3 Å². The Morgan fingerprint density at radius 1 is 1.37 bits per heavy atom. The maximum atomic E-state index is 11.4. The summed E-state index contributed by atoms with van der Waals surface area (Å²) < 4.78 is 0. The largest absolute Gasteiger partial charge is 0.368 e. The lowest BCUT2D eigenvalue weighted by Crippen LogP contribution is -2.48. The summed E-state index contributed by atoms with van der Waals surface area (Å²) in [6.07, 6.45) is 6.67. The van der Waals surface area contributed by atoms with Crippen LogP contribution in [0.2, 0.25) is 0 Å². The van der Waals surface area contributed by atoms with E-state index in [-0.39, 0.29) is 17.9 Å². The molecule has 1 aliphatic heterocycles. The van der Waals surface area contributed by atoms with Gasteiger partial charge >= 0.3 is 0 Å². The first-order valence-corrected chi connectivity index (χ1v) is 8.24. The summed E-state index contributed by atoms with van der Waals surface area (Å²) in [6.45, 7) is 4.91. The normalized spacial score (nSPS) is 24.1. The van der Waals surface area contributed by atoms with Crippen LogP contribution in [0.3, 0.4) is 0 Å². The summed E-state index contributed by atoms with van der Waals surface area (Å²) in [6, 6.07) is -0.313. The number of nitrogens with two attached hydrogens (primary N) is 1. The molecule has 1 saturated carbocycles. The molecule has 108 valence electrons. The number of amidine groups is 1. The number of aliphatic imine (C=N–C) groups is 1. The lowest BCUT2D eigenvalue weighted by molar-refractivity contribution is -0.120. The molecule has 1 spiro atoms. The van der Waals surface area contributed by atoms with Gasteiger partial charge in [-0.2, -0.15) is 0 Å². The number of nitrogens with one attached hydrogen (secondary N) is 1. The van der Waals surface area contributed by atoms with E-state index in [0.29, 0.717) is 5.41 Å². The van der Waals surface area contributed by atoms with Gasteiger partial charge in [-0.3, -0.25) is 9.79 Å². The maximum Gasteiger partial charge on any atom is 0.240 e. The van der Waals surface area contributed by atoms with E-state index in [2.05, 4.69) is 10.3 Å². The fraction of sp³-hybridized carbons (Fsp3) is 0.857. The van der Waals surface area contributed by atoms with E-state index >= 15 is 0 Å². The van der Waals surface area contributed by atoms with Gasteiger partial charge in [-0.05, 0) is 24.2 Å². The van der Waals surface area contributed by atoms with Crippen LogP contribution in [0.25, 0.3) is 0 Å². The molecule has 3 N–H and O–H groups in total. The van der Waals surface area contributed by atoms with E-state index in [1.807, 2.05) is 13.8 Å². The average Bonchev–Trinajstić information content (AvgIpc) is 2.38.